The van der Waals surface area contributed by atoms with Gasteiger partial charge in [-0.05, 0) is 42.8 Å². The highest BCUT2D eigenvalue weighted by Gasteiger charge is 2.32. The highest BCUT2D eigenvalue weighted by Crippen LogP contribution is 2.34. The molecule has 1 aliphatic heterocycles. The van der Waals surface area contributed by atoms with E-state index in [4.69, 9.17) is 5.41 Å². The predicted octanol–water partition coefficient (Wildman–Crippen LogP) is 3.35. The summed E-state index contributed by atoms with van der Waals surface area (Å²) in [5.41, 5.74) is 3.83. The van der Waals surface area contributed by atoms with Crippen molar-refractivity contribution >= 4 is 28.1 Å². The molecule has 0 atom stereocenters. The van der Waals surface area contributed by atoms with Gasteiger partial charge in [-0.2, -0.15) is 0 Å². The maximum Gasteiger partial charge on any atom is 0.148 e. The minimum atomic E-state index is 0.121. The zero-order valence-corrected chi connectivity index (χ0v) is 14.0. The second kappa shape index (κ2) is 5.37. The van der Waals surface area contributed by atoms with Crippen molar-refractivity contribution in [3.63, 3.8) is 0 Å². The number of aliphatic hydroxyl groups is 1. The van der Waals surface area contributed by atoms with E-state index in [0.29, 0.717) is 11.4 Å². The minimum absolute atomic E-state index is 0.121. The first-order valence-electron chi connectivity index (χ1n) is 7.97. The molecule has 0 fully saturated rings. The van der Waals surface area contributed by atoms with Crippen molar-refractivity contribution in [3.8, 4) is 5.75 Å². The molecule has 6 nitrogen and oxygen atoms in total. The van der Waals surface area contributed by atoms with Crippen LogP contribution in [0.25, 0.3) is 16.6 Å². The van der Waals surface area contributed by atoms with Gasteiger partial charge >= 0.3 is 0 Å². The first kappa shape index (κ1) is 15.3. The Hall–Kier alpha value is -3.28. The van der Waals surface area contributed by atoms with Gasteiger partial charge < -0.3 is 19.7 Å². The van der Waals surface area contributed by atoms with Crippen LogP contribution < -0.4 is 4.90 Å². The number of nitrogens with one attached hydrogen (secondary N) is 1. The number of phenols is 1. The predicted molar refractivity (Wildman–Crippen MR) is 98.2 cm³/mol. The van der Waals surface area contributed by atoms with Crippen LogP contribution in [0.4, 0.5) is 5.69 Å². The number of aryl methyl sites for hydroxylation is 2. The maximum absolute atomic E-state index is 10.5. The van der Waals surface area contributed by atoms with E-state index < -0.39 is 0 Å². The molecule has 0 unspecified atom stereocenters. The monoisotopic (exact) mass is 334 g/mol. The quantitative estimate of drug-likeness (QED) is 0.671. The van der Waals surface area contributed by atoms with Crippen LogP contribution in [0.1, 0.15) is 11.4 Å². The molecular formula is C19H18N4O2. The Labute approximate surface area is 144 Å². The van der Waals surface area contributed by atoms with Gasteiger partial charge in [0.1, 0.15) is 23.2 Å². The lowest BCUT2D eigenvalue weighted by atomic mass is 10.1. The fourth-order valence-corrected chi connectivity index (χ4v) is 3.33. The van der Waals surface area contributed by atoms with Gasteiger partial charge in [-0.1, -0.05) is 12.1 Å². The number of hydrogen-bond acceptors (Lipinski definition) is 4. The summed E-state index contributed by atoms with van der Waals surface area (Å²) >= 11 is 0. The lowest BCUT2D eigenvalue weighted by Gasteiger charge is -2.21. The Morgan fingerprint density at radius 1 is 1.12 bits per heavy atom. The van der Waals surface area contributed by atoms with Crippen LogP contribution in [-0.4, -0.2) is 32.1 Å². The molecule has 2 heterocycles. The number of aromatic hydroxyl groups is 1. The molecule has 4 rings (SSSR count). The van der Waals surface area contributed by atoms with Gasteiger partial charge in [-0.3, -0.25) is 5.41 Å². The zero-order valence-electron chi connectivity index (χ0n) is 14.0. The molecule has 0 radical (unpaired) electrons. The van der Waals surface area contributed by atoms with Gasteiger partial charge in [-0.15, -0.1) is 0 Å². The third kappa shape index (κ3) is 2.26. The molecule has 1 aliphatic rings. The Balaban J connectivity index is 1.79. The molecule has 0 aliphatic carbocycles. The molecule has 25 heavy (non-hydrogen) atoms. The molecule has 0 saturated heterocycles. The van der Waals surface area contributed by atoms with Crippen molar-refractivity contribution in [2.75, 3.05) is 11.4 Å². The number of benzene rings is 2. The molecule has 0 bridgehead atoms. The fraction of sp³-hybridized carbons (Fsp3) is 0.158. The molecule has 0 spiro atoms. The first-order valence-corrected chi connectivity index (χ1v) is 7.97. The lowest BCUT2D eigenvalue weighted by molar-refractivity contribution is 0.411. The van der Waals surface area contributed by atoms with Crippen LogP contribution in [0.2, 0.25) is 0 Å². The minimum Gasteiger partial charge on any atom is -0.509 e. The van der Waals surface area contributed by atoms with Gasteiger partial charge in [0.05, 0.1) is 23.2 Å². The summed E-state index contributed by atoms with van der Waals surface area (Å²) in [5, 5.41) is 28.7. The van der Waals surface area contributed by atoms with Gasteiger partial charge in [0.25, 0.3) is 0 Å². The van der Waals surface area contributed by atoms with E-state index in [1.54, 1.807) is 23.1 Å². The average Bonchev–Trinajstić information content (AvgIpc) is 3.05. The van der Waals surface area contributed by atoms with Crippen LogP contribution >= 0.6 is 0 Å². The highest BCUT2D eigenvalue weighted by atomic mass is 16.3. The number of anilines is 1. The van der Waals surface area contributed by atoms with Crippen molar-refractivity contribution in [2.24, 2.45) is 7.05 Å². The number of nitrogens with zero attached hydrogens (tertiary/aromatic N) is 3. The van der Waals surface area contributed by atoms with Gasteiger partial charge in [-0.25, -0.2) is 4.98 Å². The summed E-state index contributed by atoms with van der Waals surface area (Å²) in [5.74, 6) is 1.07. The largest absolute Gasteiger partial charge is 0.509 e. The Morgan fingerprint density at radius 2 is 1.88 bits per heavy atom. The molecule has 126 valence electrons. The number of rotatable bonds is 2. The third-order valence-corrected chi connectivity index (χ3v) is 4.59. The number of hydrogen-bond donors (Lipinski definition) is 3. The molecule has 2 aromatic carbocycles. The zero-order chi connectivity index (χ0) is 17.7. The van der Waals surface area contributed by atoms with Crippen molar-refractivity contribution in [1.82, 2.24) is 9.55 Å². The molecule has 0 amide bonds. The number of aliphatic hydroxyl groups excluding tert-OH is 1. The van der Waals surface area contributed by atoms with Gasteiger partial charge in [0, 0.05) is 12.7 Å². The van der Waals surface area contributed by atoms with Crippen molar-refractivity contribution in [1.29, 1.82) is 5.41 Å². The number of imidazole rings is 1. The smallest absolute Gasteiger partial charge is 0.148 e. The van der Waals surface area contributed by atoms with Crippen LogP contribution in [-0.2, 0) is 7.05 Å². The van der Waals surface area contributed by atoms with Crippen molar-refractivity contribution < 1.29 is 10.2 Å². The SMILES string of the molecule is Cc1cc(O)ccc1N1CC(O)=C(c2nc3ccccc3n2C)C1=N. The second-order valence-electron chi connectivity index (χ2n) is 6.21. The lowest BCUT2D eigenvalue weighted by Crippen LogP contribution is -2.27. The van der Waals surface area contributed by atoms with E-state index in [-0.39, 0.29) is 23.9 Å². The Bertz CT molecular complexity index is 1050. The molecule has 3 N–H and O–H groups in total. The normalized spacial score (nSPS) is 14.8. The molecular weight excluding hydrogens is 316 g/mol. The first-order chi connectivity index (χ1) is 12.0. The summed E-state index contributed by atoms with van der Waals surface area (Å²) in [6.45, 7) is 2.08. The number of fused-ring (bicyclic) bond motifs is 1. The van der Waals surface area contributed by atoms with E-state index in [1.165, 1.54) is 0 Å². The van der Waals surface area contributed by atoms with Crippen LogP contribution in [0, 0.1) is 12.3 Å². The van der Waals surface area contributed by atoms with E-state index in [2.05, 4.69) is 4.98 Å². The van der Waals surface area contributed by atoms with Crippen molar-refractivity contribution in [3.05, 3.63) is 59.6 Å². The summed E-state index contributed by atoms with van der Waals surface area (Å²) in [4.78, 5) is 6.32. The van der Waals surface area contributed by atoms with E-state index in [9.17, 15) is 10.2 Å². The van der Waals surface area contributed by atoms with E-state index >= 15 is 0 Å². The fourth-order valence-electron chi connectivity index (χ4n) is 3.33. The summed E-state index contributed by atoms with van der Waals surface area (Å²) in [7, 11) is 1.88. The van der Waals surface area contributed by atoms with Crippen LogP contribution in [0.5, 0.6) is 5.75 Å². The standard InChI is InChI=1S/C19H18N4O2/c1-11-9-12(24)7-8-14(11)23-10-16(25)17(18(23)20)19-21-13-5-3-4-6-15(13)22(19)2/h3-9,20,24-25H,10H2,1-2H3. The second-order valence-corrected chi connectivity index (χ2v) is 6.21. The summed E-state index contributed by atoms with van der Waals surface area (Å²) in [6, 6.07) is 12.7. The molecule has 3 aromatic rings. The number of phenolic OH excluding ortho intramolecular Hbond substituents is 1. The Kier molecular flexibility index (Phi) is 3.28. The summed E-state index contributed by atoms with van der Waals surface area (Å²) in [6.07, 6.45) is 0. The third-order valence-electron chi connectivity index (χ3n) is 4.59. The van der Waals surface area contributed by atoms with Crippen LogP contribution in [0.3, 0.4) is 0 Å². The van der Waals surface area contributed by atoms with Gasteiger partial charge in [0.2, 0.25) is 0 Å². The number of amidine groups is 1. The molecule has 0 saturated carbocycles. The maximum atomic E-state index is 10.5. The molecule has 6 heteroatoms. The van der Waals surface area contributed by atoms with Crippen LogP contribution in [0.15, 0.2) is 48.2 Å². The molecule has 1 aromatic heterocycles. The number of para-hydroxylation sites is 2. The Morgan fingerprint density at radius 3 is 2.60 bits per heavy atom. The van der Waals surface area contributed by atoms with E-state index in [0.717, 1.165) is 22.3 Å². The number of aromatic nitrogens is 2. The average molecular weight is 334 g/mol. The van der Waals surface area contributed by atoms with Gasteiger partial charge in [0.15, 0.2) is 0 Å². The topological polar surface area (TPSA) is 85.4 Å². The van der Waals surface area contributed by atoms with Crippen molar-refractivity contribution in [2.45, 2.75) is 6.92 Å². The highest BCUT2D eigenvalue weighted by molar-refractivity contribution is 6.30. The van der Waals surface area contributed by atoms with E-state index in [1.807, 2.05) is 42.8 Å². The summed E-state index contributed by atoms with van der Waals surface area (Å²) < 4.78 is 1.89.